The molecule has 0 aliphatic carbocycles. The fourth-order valence-corrected chi connectivity index (χ4v) is 2.52. The smallest absolute Gasteiger partial charge is 0.201 e. The number of guanidine groups is 1. The van der Waals surface area contributed by atoms with Gasteiger partial charge in [-0.2, -0.15) is 0 Å². The van der Waals surface area contributed by atoms with Crippen molar-refractivity contribution in [3.8, 4) is 0 Å². The molecule has 1 heterocycles. The molecule has 0 spiro atoms. The highest BCUT2D eigenvalue weighted by Gasteiger charge is 2.18. The minimum atomic E-state index is -0.928. The first kappa shape index (κ1) is 13.5. The normalized spacial score (nSPS) is 15.0. The van der Waals surface area contributed by atoms with Crippen LogP contribution in [0, 0.1) is 11.6 Å². The molecule has 2 aromatic carbocycles. The van der Waals surface area contributed by atoms with Gasteiger partial charge in [-0.3, -0.25) is 0 Å². The second-order valence-electron chi connectivity index (χ2n) is 4.95. The SMILES string of the molecule is NC(=Nc1ccc(F)c(F)c1)N1CCCc2ccccc21. The molecular weight excluding hydrogens is 272 g/mol. The summed E-state index contributed by atoms with van der Waals surface area (Å²) in [5.41, 5.74) is 8.58. The van der Waals surface area contributed by atoms with Crippen LogP contribution in [0.4, 0.5) is 20.2 Å². The number of hydrogen-bond acceptors (Lipinski definition) is 1. The predicted octanol–water partition coefficient (Wildman–Crippen LogP) is 3.36. The van der Waals surface area contributed by atoms with Crippen molar-refractivity contribution < 1.29 is 8.78 Å². The van der Waals surface area contributed by atoms with E-state index in [-0.39, 0.29) is 5.96 Å². The Bertz CT molecular complexity index is 698. The summed E-state index contributed by atoms with van der Waals surface area (Å²) >= 11 is 0. The van der Waals surface area contributed by atoms with Crippen molar-refractivity contribution in [1.29, 1.82) is 0 Å². The number of fused-ring (bicyclic) bond motifs is 1. The summed E-state index contributed by atoms with van der Waals surface area (Å²) in [5, 5.41) is 0. The van der Waals surface area contributed by atoms with Crippen LogP contribution in [0.2, 0.25) is 0 Å². The Morgan fingerprint density at radius 1 is 1.10 bits per heavy atom. The van der Waals surface area contributed by atoms with Crippen LogP contribution in [0.15, 0.2) is 47.5 Å². The monoisotopic (exact) mass is 287 g/mol. The molecule has 1 aliphatic rings. The molecule has 3 nitrogen and oxygen atoms in total. The van der Waals surface area contributed by atoms with E-state index in [1.54, 1.807) is 0 Å². The molecule has 0 bridgehead atoms. The van der Waals surface area contributed by atoms with Crippen LogP contribution in [0.3, 0.4) is 0 Å². The lowest BCUT2D eigenvalue weighted by Crippen LogP contribution is -2.40. The molecular formula is C16H15F2N3. The van der Waals surface area contributed by atoms with E-state index in [0.29, 0.717) is 5.69 Å². The van der Waals surface area contributed by atoms with Crippen molar-refractivity contribution in [1.82, 2.24) is 0 Å². The number of aryl methyl sites for hydroxylation is 1. The van der Waals surface area contributed by atoms with Crippen molar-refractivity contribution in [2.75, 3.05) is 11.4 Å². The molecule has 5 heteroatoms. The first-order valence-electron chi connectivity index (χ1n) is 6.80. The van der Waals surface area contributed by atoms with Gasteiger partial charge in [0, 0.05) is 18.3 Å². The van der Waals surface area contributed by atoms with Crippen molar-refractivity contribution >= 4 is 17.3 Å². The number of para-hydroxylation sites is 1. The molecule has 0 saturated carbocycles. The Labute approximate surface area is 121 Å². The Balaban J connectivity index is 1.93. The number of rotatable bonds is 1. The highest BCUT2D eigenvalue weighted by molar-refractivity contribution is 5.97. The lowest BCUT2D eigenvalue weighted by Gasteiger charge is -2.30. The standard InChI is InChI=1S/C16H15F2N3/c17-13-8-7-12(10-14(13)18)20-16(19)21-9-3-5-11-4-1-2-6-15(11)21/h1-2,4,6-8,10H,3,5,9H2,(H2,19,20). The van der Waals surface area contributed by atoms with Gasteiger partial charge in [-0.15, -0.1) is 0 Å². The summed E-state index contributed by atoms with van der Waals surface area (Å²) in [7, 11) is 0. The number of nitrogens with two attached hydrogens (primary N) is 1. The molecule has 0 atom stereocenters. The van der Waals surface area contributed by atoms with Gasteiger partial charge < -0.3 is 10.6 Å². The fraction of sp³-hybridized carbons (Fsp3) is 0.188. The molecule has 0 radical (unpaired) electrons. The van der Waals surface area contributed by atoms with E-state index in [2.05, 4.69) is 11.1 Å². The largest absolute Gasteiger partial charge is 0.369 e. The third-order valence-corrected chi connectivity index (χ3v) is 3.53. The second kappa shape index (κ2) is 5.52. The summed E-state index contributed by atoms with van der Waals surface area (Å²) in [6.07, 6.45) is 1.98. The van der Waals surface area contributed by atoms with Crippen LogP contribution < -0.4 is 10.6 Å². The molecule has 0 aromatic heterocycles. The van der Waals surface area contributed by atoms with Crippen LogP contribution in [0.5, 0.6) is 0 Å². The maximum Gasteiger partial charge on any atom is 0.201 e. The van der Waals surface area contributed by atoms with Gasteiger partial charge in [0.25, 0.3) is 0 Å². The van der Waals surface area contributed by atoms with Crippen LogP contribution in [0.1, 0.15) is 12.0 Å². The van der Waals surface area contributed by atoms with Gasteiger partial charge >= 0.3 is 0 Å². The van der Waals surface area contributed by atoms with E-state index in [9.17, 15) is 8.78 Å². The summed E-state index contributed by atoms with van der Waals surface area (Å²) in [5.74, 6) is -1.54. The molecule has 3 rings (SSSR count). The molecule has 108 valence electrons. The van der Waals surface area contributed by atoms with E-state index >= 15 is 0 Å². The maximum absolute atomic E-state index is 13.2. The zero-order valence-corrected chi connectivity index (χ0v) is 11.4. The Kier molecular flexibility index (Phi) is 3.56. The van der Waals surface area contributed by atoms with Crippen molar-refractivity contribution in [3.63, 3.8) is 0 Å². The van der Waals surface area contributed by atoms with E-state index in [1.165, 1.54) is 11.6 Å². The van der Waals surface area contributed by atoms with Crippen LogP contribution in [0.25, 0.3) is 0 Å². The molecule has 0 unspecified atom stereocenters. The van der Waals surface area contributed by atoms with Crippen molar-refractivity contribution in [2.45, 2.75) is 12.8 Å². The number of anilines is 1. The molecule has 0 amide bonds. The van der Waals surface area contributed by atoms with Gasteiger partial charge in [-0.1, -0.05) is 18.2 Å². The van der Waals surface area contributed by atoms with Crippen LogP contribution in [-0.4, -0.2) is 12.5 Å². The summed E-state index contributed by atoms with van der Waals surface area (Å²) in [6.45, 7) is 0.760. The third kappa shape index (κ3) is 2.72. The summed E-state index contributed by atoms with van der Waals surface area (Å²) in [6, 6.07) is 11.5. The van der Waals surface area contributed by atoms with Crippen molar-refractivity contribution in [3.05, 3.63) is 59.7 Å². The highest BCUT2D eigenvalue weighted by Crippen LogP contribution is 2.27. The van der Waals surface area contributed by atoms with Crippen molar-refractivity contribution in [2.24, 2.45) is 10.7 Å². The number of hydrogen-bond donors (Lipinski definition) is 1. The molecule has 21 heavy (non-hydrogen) atoms. The lowest BCUT2D eigenvalue weighted by atomic mass is 10.0. The fourth-order valence-electron chi connectivity index (χ4n) is 2.52. The average Bonchev–Trinajstić information content (AvgIpc) is 2.50. The first-order valence-corrected chi connectivity index (χ1v) is 6.80. The van der Waals surface area contributed by atoms with Gasteiger partial charge in [-0.25, -0.2) is 13.8 Å². The molecule has 2 N–H and O–H groups in total. The van der Waals surface area contributed by atoms with Gasteiger partial charge in [0.1, 0.15) is 0 Å². The maximum atomic E-state index is 13.2. The van der Waals surface area contributed by atoms with Gasteiger partial charge in [0.05, 0.1) is 5.69 Å². The lowest BCUT2D eigenvalue weighted by molar-refractivity contribution is 0.509. The number of benzene rings is 2. The quantitative estimate of drug-likeness (QED) is 0.645. The van der Waals surface area contributed by atoms with Crippen LogP contribution in [-0.2, 0) is 6.42 Å². The molecule has 0 fully saturated rings. The molecule has 2 aromatic rings. The Morgan fingerprint density at radius 2 is 1.90 bits per heavy atom. The zero-order valence-electron chi connectivity index (χ0n) is 11.4. The first-order chi connectivity index (χ1) is 10.1. The predicted molar refractivity (Wildman–Crippen MR) is 79.7 cm³/mol. The highest BCUT2D eigenvalue weighted by atomic mass is 19.2. The number of nitrogens with zero attached hydrogens (tertiary/aromatic N) is 2. The molecule has 0 saturated heterocycles. The number of aliphatic imine (C=N–C) groups is 1. The third-order valence-electron chi connectivity index (χ3n) is 3.53. The zero-order chi connectivity index (χ0) is 14.8. The average molecular weight is 287 g/mol. The minimum Gasteiger partial charge on any atom is -0.369 e. The Hall–Kier alpha value is -2.43. The van der Waals surface area contributed by atoms with E-state index < -0.39 is 11.6 Å². The Morgan fingerprint density at radius 3 is 2.71 bits per heavy atom. The number of halogens is 2. The van der Waals surface area contributed by atoms with E-state index in [4.69, 9.17) is 5.73 Å². The summed E-state index contributed by atoms with van der Waals surface area (Å²) < 4.78 is 26.1. The summed E-state index contributed by atoms with van der Waals surface area (Å²) in [4.78, 5) is 6.10. The van der Waals surface area contributed by atoms with Gasteiger partial charge in [-0.05, 0) is 36.6 Å². The van der Waals surface area contributed by atoms with Gasteiger partial charge in [0.2, 0.25) is 5.96 Å². The van der Waals surface area contributed by atoms with Gasteiger partial charge in [0.15, 0.2) is 11.6 Å². The van der Waals surface area contributed by atoms with Crippen LogP contribution >= 0.6 is 0 Å². The minimum absolute atomic E-state index is 0.285. The molecule has 1 aliphatic heterocycles. The topological polar surface area (TPSA) is 41.6 Å². The second-order valence-corrected chi connectivity index (χ2v) is 4.95. The van der Waals surface area contributed by atoms with E-state index in [1.807, 2.05) is 23.1 Å². The van der Waals surface area contributed by atoms with E-state index in [0.717, 1.165) is 37.2 Å².